The van der Waals surface area contributed by atoms with E-state index in [9.17, 15) is 13.2 Å². The number of aromatic amines is 1. The molecule has 7 nitrogen and oxygen atoms in total. The topological polar surface area (TPSA) is 95.2 Å². The van der Waals surface area contributed by atoms with Gasteiger partial charge in [-0.25, -0.2) is 8.42 Å². The second-order valence-electron chi connectivity index (χ2n) is 6.62. The van der Waals surface area contributed by atoms with E-state index in [1.54, 1.807) is 30.3 Å². The normalized spacial score (nSPS) is 16.5. The van der Waals surface area contributed by atoms with E-state index in [1.807, 2.05) is 13.8 Å². The summed E-state index contributed by atoms with van der Waals surface area (Å²) in [6.07, 6.45) is 1.06. The number of piperidine rings is 1. The molecule has 2 N–H and O–H groups in total. The summed E-state index contributed by atoms with van der Waals surface area (Å²) in [6, 6.07) is 8.42. The average molecular weight is 376 g/mol. The summed E-state index contributed by atoms with van der Waals surface area (Å²) in [6.45, 7) is 4.99. The van der Waals surface area contributed by atoms with E-state index in [0.717, 1.165) is 17.0 Å². The summed E-state index contributed by atoms with van der Waals surface area (Å²) in [5.74, 6) is -0.188. The van der Waals surface area contributed by atoms with Crippen molar-refractivity contribution in [3.8, 4) is 0 Å². The van der Waals surface area contributed by atoms with Crippen molar-refractivity contribution < 1.29 is 13.2 Å². The molecule has 2 aromatic rings. The van der Waals surface area contributed by atoms with Crippen molar-refractivity contribution in [1.29, 1.82) is 0 Å². The lowest BCUT2D eigenvalue weighted by Crippen LogP contribution is -2.42. The van der Waals surface area contributed by atoms with Crippen LogP contribution in [0.15, 0.2) is 35.2 Å². The molecule has 1 saturated heterocycles. The molecule has 0 spiro atoms. The Kier molecular flexibility index (Phi) is 5.43. The van der Waals surface area contributed by atoms with E-state index in [-0.39, 0.29) is 11.8 Å². The Morgan fingerprint density at radius 3 is 2.46 bits per heavy atom. The van der Waals surface area contributed by atoms with Crippen molar-refractivity contribution >= 4 is 15.9 Å². The van der Waals surface area contributed by atoms with Gasteiger partial charge in [-0.05, 0) is 38.8 Å². The van der Waals surface area contributed by atoms with Crippen LogP contribution in [0.25, 0.3) is 0 Å². The minimum Gasteiger partial charge on any atom is -0.352 e. The zero-order valence-corrected chi connectivity index (χ0v) is 15.8. The third kappa shape index (κ3) is 3.81. The first-order chi connectivity index (χ1) is 12.4. The second-order valence-corrected chi connectivity index (χ2v) is 8.56. The summed E-state index contributed by atoms with van der Waals surface area (Å²) >= 11 is 0. The summed E-state index contributed by atoms with van der Waals surface area (Å²) in [5.41, 5.74) is 2.83. The van der Waals surface area contributed by atoms with Crippen molar-refractivity contribution in [2.45, 2.75) is 38.1 Å². The zero-order chi connectivity index (χ0) is 18.7. The van der Waals surface area contributed by atoms with Gasteiger partial charge in [-0.15, -0.1) is 0 Å². The van der Waals surface area contributed by atoms with E-state index in [1.165, 1.54) is 4.31 Å². The summed E-state index contributed by atoms with van der Waals surface area (Å²) in [4.78, 5) is 12.7. The predicted molar refractivity (Wildman–Crippen MR) is 97.8 cm³/mol. The number of benzene rings is 1. The number of hydrogen-bond donors (Lipinski definition) is 2. The van der Waals surface area contributed by atoms with Crippen LogP contribution in [0, 0.1) is 19.8 Å². The molecule has 0 aliphatic carbocycles. The number of carbonyl (C=O) groups excluding carboxylic acids is 1. The van der Waals surface area contributed by atoms with Gasteiger partial charge < -0.3 is 5.32 Å². The first-order valence-electron chi connectivity index (χ1n) is 8.73. The highest BCUT2D eigenvalue weighted by atomic mass is 32.2. The Balaban J connectivity index is 1.56. The van der Waals surface area contributed by atoms with Crippen LogP contribution in [0.1, 0.15) is 29.8 Å². The van der Waals surface area contributed by atoms with Gasteiger partial charge in [0, 0.05) is 36.8 Å². The zero-order valence-electron chi connectivity index (χ0n) is 15.0. The molecule has 1 aromatic heterocycles. The molecule has 1 aromatic carbocycles. The van der Waals surface area contributed by atoms with Gasteiger partial charge in [-0.1, -0.05) is 18.2 Å². The van der Waals surface area contributed by atoms with Crippen LogP contribution in [-0.4, -0.2) is 41.9 Å². The molecular formula is C18H24N4O3S. The Morgan fingerprint density at radius 1 is 1.23 bits per heavy atom. The molecule has 0 saturated carbocycles. The number of sulfonamides is 1. The van der Waals surface area contributed by atoms with Crippen molar-refractivity contribution in [1.82, 2.24) is 19.8 Å². The minimum absolute atomic E-state index is 0.0261. The van der Waals surface area contributed by atoms with E-state index < -0.39 is 10.0 Å². The van der Waals surface area contributed by atoms with Gasteiger partial charge >= 0.3 is 0 Å². The van der Waals surface area contributed by atoms with Gasteiger partial charge in [-0.3, -0.25) is 9.89 Å². The van der Waals surface area contributed by atoms with Crippen molar-refractivity contribution in [3.63, 3.8) is 0 Å². The number of nitrogens with zero attached hydrogens (tertiary/aromatic N) is 2. The van der Waals surface area contributed by atoms with Crippen LogP contribution in [0.5, 0.6) is 0 Å². The standard InChI is InChI=1S/C18H24N4O3S/c1-13-17(14(2)21-20-13)12-19-18(23)15-8-10-22(11-9-15)26(24,25)16-6-4-3-5-7-16/h3-7,15H,8-12H2,1-2H3,(H,19,23)(H,20,21). The number of hydrogen-bond acceptors (Lipinski definition) is 4. The Bertz CT molecular complexity index is 850. The molecule has 0 bridgehead atoms. The van der Waals surface area contributed by atoms with E-state index >= 15 is 0 Å². The number of amides is 1. The van der Waals surface area contributed by atoms with Crippen LogP contribution in [0.3, 0.4) is 0 Å². The molecular weight excluding hydrogens is 352 g/mol. The molecule has 3 rings (SSSR count). The highest BCUT2D eigenvalue weighted by Gasteiger charge is 2.31. The molecule has 0 unspecified atom stereocenters. The van der Waals surface area contributed by atoms with Gasteiger partial charge in [0.15, 0.2) is 0 Å². The van der Waals surface area contributed by atoms with Gasteiger partial charge in [0.2, 0.25) is 15.9 Å². The smallest absolute Gasteiger partial charge is 0.243 e. The lowest BCUT2D eigenvalue weighted by atomic mass is 9.97. The van der Waals surface area contributed by atoms with Crippen LogP contribution in [0.4, 0.5) is 0 Å². The monoisotopic (exact) mass is 376 g/mol. The van der Waals surface area contributed by atoms with E-state index in [0.29, 0.717) is 37.4 Å². The Morgan fingerprint density at radius 2 is 1.88 bits per heavy atom. The summed E-state index contributed by atoms with van der Waals surface area (Å²) in [7, 11) is -3.48. The molecule has 140 valence electrons. The van der Waals surface area contributed by atoms with E-state index in [2.05, 4.69) is 15.5 Å². The minimum atomic E-state index is -3.48. The van der Waals surface area contributed by atoms with Gasteiger partial charge in [0.05, 0.1) is 10.6 Å². The number of carbonyl (C=O) groups is 1. The Labute approximate surface area is 153 Å². The first kappa shape index (κ1) is 18.6. The lowest BCUT2D eigenvalue weighted by Gasteiger charge is -2.30. The molecule has 26 heavy (non-hydrogen) atoms. The number of rotatable bonds is 5. The highest BCUT2D eigenvalue weighted by Crippen LogP contribution is 2.24. The molecule has 0 radical (unpaired) electrons. The van der Waals surface area contributed by atoms with Crippen LogP contribution < -0.4 is 5.32 Å². The fraction of sp³-hybridized carbons (Fsp3) is 0.444. The van der Waals surface area contributed by atoms with Crippen LogP contribution in [0.2, 0.25) is 0 Å². The van der Waals surface area contributed by atoms with Crippen molar-refractivity contribution in [3.05, 3.63) is 47.3 Å². The maximum absolute atomic E-state index is 12.6. The quantitative estimate of drug-likeness (QED) is 0.831. The van der Waals surface area contributed by atoms with Gasteiger partial charge in [-0.2, -0.15) is 9.40 Å². The van der Waals surface area contributed by atoms with Crippen molar-refractivity contribution in [2.75, 3.05) is 13.1 Å². The summed E-state index contributed by atoms with van der Waals surface area (Å²) in [5, 5.41) is 9.98. The van der Waals surface area contributed by atoms with Crippen LogP contribution in [-0.2, 0) is 21.4 Å². The highest BCUT2D eigenvalue weighted by molar-refractivity contribution is 7.89. The van der Waals surface area contributed by atoms with Crippen LogP contribution >= 0.6 is 0 Å². The largest absolute Gasteiger partial charge is 0.352 e. The number of nitrogens with one attached hydrogen (secondary N) is 2. The fourth-order valence-electron chi connectivity index (χ4n) is 3.25. The number of H-pyrrole nitrogens is 1. The number of aryl methyl sites for hydroxylation is 2. The molecule has 1 aliphatic heterocycles. The molecule has 1 fully saturated rings. The molecule has 8 heteroatoms. The first-order valence-corrected chi connectivity index (χ1v) is 10.2. The maximum Gasteiger partial charge on any atom is 0.243 e. The molecule has 2 heterocycles. The maximum atomic E-state index is 12.6. The van der Waals surface area contributed by atoms with E-state index in [4.69, 9.17) is 0 Å². The van der Waals surface area contributed by atoms with Gasteiger partial charge in [0.25, 0.3) is 0 Å². The molecule has 1 amide bonds. The molecule has 1 aliphatic rings. The summed E-state index contributed by atoms with van der Waals surface area (Å²) < 4.78 is 26.7. The fourth-order valence-corrected chi connectivity index (χ4v) is 4.74. The van der Waals surface area contributed by atoms with Gasteiger partial charge in [0.1, 0.15) is 0 Å². The Hall–Kier alpha value is -2.19. The molecule has 0 atom stereocenters. The third-order valence-corrected chi connectivity index (χ3v) is 6.84. The predicted octanol–water partition coefficient (Wildman–Crippen LogP) is 1.74. The van der Waals surface area contributed by atoms with Crippen molar-refractivity contribution in [2.24, 2.45) is 5.92 Å². The number of aromatic nitrogens is 2. The SMILES string of the molecule is Cc1n[nH]c(C)c1CNC(=O)C1CCN(S(=O)(=O)c2ccccc2)CC1. The second kappa shape index (κ2) is 7.59. The average Bonchev–Trinajstić information content (AvgIpc) is 2.98. The third-order valence-electron chi connectivity index (χ3n) is 4.93. The lowest BCUT2D eigenvalue weighted by molar-refractivity contribution is -0.126.